The molecule has 2 fully saturated rings. The molecule has 0 aromatic rings. The van der Waals surface area contributed by atoms with Gasteiger partial charge in [0.15, 0.2) is 0 Å². The van der Waals surface area contributed by atoms with E-state index in [4.69, 9.17) is 5.26 Å². The molecule has 0 amide bonds. The summed E-state index contributed by atoms with van der Waals surface area (Å²) in [5.74, 6) is 3.16. The smallest absolute Gasteiger partial charge is 0.0655 e. The van der Waals surface area contributed by atoms with Gasteiger partial charge in [0.05, 0.1) is 6.07 Å². The van der Waals surface area contributed by atoms with Crippen molar-refractivity contribution in [1.82, 2.24) is 0 Å². The first-order valence-corrected chi connectivity index (χ1v) is 10.4. The maximum absolute atomic E-state index is 8.98. The third-order valence-electron chi connectivity index (χ3n) is 6.29. The molecule has 2 rings (SSSR count). The quantitative estimate of drug-likeness (QED) is 0.348. The topological polar surface area (TPSA) is 23.8 Å². The van der Waals surface area contributed by atoms with Gasteiger partial charge in [-0.1, -0.05) is 44.8 Å². The molecule has 0 aromatic heterocycles. The van der Waals surface area contributed by atoms with Crippen LogP contribution in [0.25, 0.3) is 0 Å². The zero-order valence-corrected chi connectivity index (χ0v) is 15.3. The van der Waals surface area contributed by atoms with Crippen LogP contribution in [0.2, 0.25) is 0 Å². The summed E-state index contributed by atoms with van der Waals surface area (Å²) in [6.45, 7) is 2.28. The molecule has 2 aliphatic rings. The zero-order valence-electron chi connectivity index (χ0n) is 15.3. The number of rotatable bonds is 8. The number of hydrogen-bond donors (Lipinski definition) is 0. The van der Waals surface area contributed by atoms with Gasteiger partial charge in [0.2, 0.25) is 0 Å². The van der Waals surface area contributed by atoms with E-state index in [1.807, 2.05) is 0 Å². The molecule has 0 atom stereocenters. The molecular formula is C22H37N. The van der Waals surface area contributed by atoms with Crippen molar-refractivity contribution in [3.63, 3.8) is 0 Å². The monoisotopic (exact) mass is 315 g/mol. The van der Waals surface area contributed by atoms with E-state index < -0.39 is 0 Å². The molecule has 0 aliphatic heterocycles. The molecule has 130 valence electrons. The third-order valence-corrected chi connectivity index (χ3v) is 6.29. The number of unbranched alkanes of at least 4 members (excludes halogenated alkanes) is 3. The second kappa shape index (κ2) is 10.9. The van der Waals surface area contributed by atoms with E-state index in [0.717, 1.165) is 30.6 Å². The molecule has 0 radical (unpaired) electrons. The van der Waals surface area contributed by atoms with Gasteiger partial charge in [0.25, 0.3) is 0 Å². The molecule has 0 heterocycles. The minimum absolute atomic E-state index is 0.366. The molecule has 2 saturated carbocycles. The summed E-state index contributed by atoms with van der Waals surface area (Å²) < 4.78 is 0. The second-order valence-corrected chi connectivity index (χ2v) is 8.13. The summed E-state index contributed by atoms with van der Waals surface area (Å²) in [5.41, 5.74) is 0. The van der Waals surface area contributed by atoms with Crippen LogP contribution in [-0.2, 0) is 0 Å². The second-order valence-electron chi connectivity index (χ2n) is 8.13. The number of hydrogen-bond acceptors (Lipinski definition) is 1. The van der Waals surface area contributed by atoms with Gasteiger partial charge in [0, 0.05) is 5.92 Å². The van der Waals surface area contributed by atoms with Gasteiger partial charge in [-0.15, -0.1) is 0 Å². The first-order chi connectivity index (χ1) is 11.3. The molecule has 0 bridgehead atoms. The van der Waals surface area contributed by atoms with Crippen molar-refractivity contribution in [2.24, 2.45) is 23.7 Å². The molecule has 1 heteroatoms. The van der Waals surface area contributed by atoms with Crippen LogP contribution < -0.4 is 0 Å². The Morgan fingerprint density at radius 3 is 2.04 bits per heavy atom. The zero-order chi connectivity index (χ0) is 16.3. The van der Waals surface area contributed by atoms with Gasteiger partial charge < -0.3 is 0 Å². The predicted molar refractivity (Wildman–Crippen MR) is 99.0 cm³/mol. The van der Waals surface area contributed by atoms with Gasteiger partial charge >= 0.3 is 0 Å². The minimum atomic E-state index is 0.366. The van der Waals surface area contributed by atoms with Crippen LogP contribution in [0.5, 0.6) is 0 Å². The van der Waals surface area contributed by atoms with Crippen LogP contribution in [0.3, 0.4) is 0 Å². The van der Waals surface area contributed by atoms with Crippen molar-refractivity contribution in [1.29, 1.82) is 5.26 Å². The first-order valence-electron chi connectivity index (χ1n) is 10.4. The Morgan fingerprint density at radius 2 is 1.48 bits per heavy atom. The maximum atomic E-state index is 8.98. The summed E-state index contributed by atoms with van der Waals surface area (Å²) in [4.78, 5) is 0. The van der Waals surface area contributed by atoms with E-state index in [2.05, 4.69) is 25.1 Å². The van der Waals surface area contributed by atoms with E-state index in [-0.39, 0.29) is 0 Å². The van der Waals surface area contributed by atoms with Gasteiger partial charge in [-0.25, -0.2) is 0 Å². The van der Waals surface area contributed by atoms with E-state index in [0.29, 0.717) is 5.92 Å². The molecule has 0 spiro atoms. The van der Waals surface area contributed by atoms with Gasteiger partial charge in [-0.05, 0) is 82.0 Å². The number of nitriles is 1. The first kappa shape index (κ1) is 18.6. The molecule has 0 saturated heterocycles. The van der Waals surface area contributed by atoms with Crippen molar-refractivity contribution < 1.29 is 0 Å². The Hall–Kier alpha value is -0.770. The average Bonchev–Trinajstić information content (AvgIpc) is 2.61. The molecular weight excluding hydrogens is 278 g/mol. The van der Waals surface area contributed by atoms with Crippen molar-refractivity contribution in [3.05, 3.63) is 12.2 Å². The Labute approximate surface area is 144 Å². The van der Waals surface area contributed by atoms with Crippen LogP contribution in [0.15, 0.2) is 12.2 Å². The molecule has 0 aromatic carbocycles. The largest absolute Gasteiger partial charge is 0.198 e. The van der Waals surface area contributed by atoms with E-state index >= 15 is 0 Å². The van der Waals surface area contributed by atoms with Crippen LogP contribution >= 0.6 is 0 Å². The lowest BCUT2D eigenvalue weighted by Crippen LogP contribution is -2.17. The van der Waals surface area contributed by atoms with Crippen molar-refractivity contribution >= 4 is 0 Å². The maximum Gasteiger partial charge on any atom is 0.0655 e. The Balaban J connectivity index is 1.54. The number of nitrogens with zero attached hydrogens (tertiary/aromatic N) is 1. The van der Waals surface area contributed by atoms with Gasteiger partial charge in [-0.3, -0.25) is 0 Å². The molecule has 0 unspecified atom stereocenters. The lowest BCUT2D eigenvalue weighted by Gasteiger charge is -2.30. The highest BCUT2D eigenvalue weighted by Crippen LogP contribution is 2.36. The average molecular weight is 316 g/mol. The Bertz CT molecular complexity index is 362. The van der Waals surface area contributed by atoms with Gasteiger partial charge in [-0.2, -0.15) is 5.26 Å². The van der Waals surface area contributed by atoms with Crippen molar-refractivity contribution in [2.75, 3.05) is 0 Å². The van der Waals surface area contributed by atoms with Crippen LogP contribution in [0, 0.1) is 35.0 Å². The fraction of sp³-hybridized carbons (Fsp3) is 0.864. The fourth-order valence-corrected chi connectivity index (χ4v) is 4.52. The molecule has 23 heavy (non-hydrogen) atoms. The Morgan fingerprint density at radius 1 is 0.870 bits per heavy atom. The third kappa shape index (κ3) is 7.11. The highest BCUT2D eigenvalue weighted by atomic mass is 14.3. The SMILES string of the molecule is CCCCC/C=C/[C@H]1CC[C@H](CCC2CCC(C#N)CC2)CC1. The lowest BCUT2D eigenvalue weighted by molar-refractivity contribution is 0.242. The van der Waals surface area contributed by atoms with E-state index in [9.17, 15) is 0 Å². The normalized spacial score (nSPS) is 32.0. The summed E-state index contributed by atoms with van der Waals surface area (Å²) in [6, 6.07) is 2.46. The molecule has 0 N–H and O–H groups in total. The highest BCUT2D eigenvalue weighted by Gasteiger charge is 2.23. The standard InChI is InChI=1S/C22H37N/c1-2-3-4-5-6-7-19-8-10-20(11-9-19)12-13-21-14-16-22(18-23)17-15-21/h6-7,19-22H,2-5,8-17H2,1H3/b7-6+/t19-,20-,21?,22?. The predicted octanol–water partition coefficient (Wildman–Crippen LogP) is 7.04. The molecule has 1 nitrogen and oxygen atoms in total. The van der Waals surface area contributed by atoms with Crippen LogP contribution in [0.4, 0.5) is 0 Å². The summed E-state index contributed by atoms with van der Waals surface area (Å²) in [5, 5.41) is 8.98. The van der Waals surface area contributed by atoms with Crippen molar-refractivity contribution in [2.45, 2.75) is 96.8 Å². The van der Waals surface area contributed by atoms with E-state index in [1.54, 1.807) is 0 Å². The lowest BCUT2D eigenvalue weighted by atomic mass is 9.76. The van der Waals surface area contributed by atoms with E-state index in [1.165, 1.54) is 77.0 Å². The van der Waals surface area contributed by atoms with Crippen LogP contribution in [0.1, 0.15) is 96.8 Å². The van der Waals surface area contributed by atoms with Gasteiger partial charge in [0.1, 0.15) is 0 Å². The summed E-state index contributed by atoms with van der Waals surface area (Å²) in [7, 11) is 0. The van der Waals surface area contributed by atoms with Crippen molar-refractivity contribution in [3.8, 4) is 6.07 Å². The minimum Gasteiger partial charge on any atom is -0.198 e. The highest BCUT2D eigenvalue weighted by molar-refractivity contribution is 4.91. The Kier molecular flexibility index (Phi) is 8.80. The summed E-state index contributed by atoms with van der Waals surface area (Å²) in [6.07, 6.45) is 24.0. The van der Waals surface area contributed by atoms with Crippen LogP contribution in [-0.4, -0.2) is 0 Å². The fourth-order valence-electron chi connectivity index (χ4n) is 4.52. The molecule has 2 aliphatic carbocycles. The number of allylic oxidation sites excluding steroid dienone is 2. The summed E-state index contributed by atoms with van der Waals surface area (Å²) >= 11 is 0.